The van der Waals surface area contributed by atoms with Gasteiger partial charge in [-0.25, -0.2) is 8.42 Å². The van der Waals surface area contributed by atoms with Crippen molar-refractivity contribution < 1.29 is 8.42 Å². The quantitative estimate of drug-likeness (QED) is 0.596. The van der Waals surface area contributed by atoms with Crippen molar-refractivity contribution in [2.45, 2.75) is 44.0 Å². The molecule has 0 bridgehead atoms. The average molecular weight is 284 g/mol. The molecule has 2 unspecified atom stereocenters. The van der Waals surface area contributed by atoms with Gasteiger partial charge in [0.25, 0.3) is 0 Å². The Kier molecular flexibility index (Phi) is 5.97. The van der Waals surface area contributed by atoms with Gasteiger partial charge in [-0.1, -0.05) is 38.8 Å². The zero-order chi connectivity index (χ0) is 14.5. The summed E-state index contributed by atoms with van der Waals surface area (Å²) in [5.41, 5.74) is 3.84. The lowest BCUT2D eigenvalue weighted by Crippen LogP contribution is -2.29. The molecule has 4 nitrogen and oxygen atoms in total. The van der Waals surface area contributed by atoms with Crippen LogP contribution in [0.4, 0.5) is 0 Å². The van der Waals surface area contributed by atoms with E-state index in [1.807, 2.05) is 12.1 Å². The molecule has 0 heterocycles. The first-order valence-corrected chi connectivity index (χ1v) is 8.53. The minimum absolute atomic E-state index is 0.0650. The van der Waals surface area contributed by atoms with Crippen molar-refractivity contribution in [1.29, 1.82) is 0 Å². The number of hydrazine groups is 1. The summed E-state index contributed by atoms with van der Waals surface area (Å²) in [7, 11) is -3.14. The molecule has 0 saturated carbocycles. The molecule has 0 aromatic heterocycles. The van der Waals surface area contributed by atoms with Crippen LogP contribution >= 0.6 is 0 Å². The highest BCUT2D eigenvalue weighted by molar-refractivity contribution is 7.90. The van der Waals surface area contributed by atoms with Gasteiger partial charge in [0.05, 0.1) is 4.90 Å². The normalized spacial score (nSPS) is 15.2. The van der Waals surface area contributed by atoms with E-state index in [9.17, 15) is 8.42 Å². The number of hydrogen-bond donors (Lipinski definition) is 2. The molecule has 1 aromatic rings. The fourth-order valence-electron chi connectivity index (χ4n) is 2.26. The number of sulfone groups is 1. The third kappa shape index (κ3) is 4.93. The van der Waals surface area contributed by atoms with E-state index in [-0.39, 0.29) is 6.04 Å². The Balaban J connectivity index is 2.82. The Labute approximate surface area is 116 Å². The van der Waals surface area contributed by atoms with Gasteiger partial charge in [-0.2, -0.15) is 0 Å². The summed E-state index contributed by atoms with van der Waals surface area (Å²) in [6, 6.07) is 7.01. The van der Waals surface area contributed by atoms with Crippen LogP contribution in [-0.4, -0.2) is 14.7 Å². The third-order valence-electron chi connectivity index (χ3n) is 3.33. The zero-order valence-corrected chi connectivity index (χ0v) is 12.7. The van der Waals surface area contributed by atoms with Crippen LogP contribution in [0.15, 0.2) is 29.2 Å². The van der Waals surface area contributed by atoms with Crippen LogP contribution in [0.25, 0.3) is 0 Å². The van der Waals surface area contributed by atoms with Crippen LogP contribution in [-0.2, 0) is 9.84 Å². The lowest BCUT2D eigenvalue weighted by Gasteiger charge is -2.20. The van der Waals surface area contributed by atoms with Crippen LogP contribution in [0.5, 0.6) is 0 Å². The van der Waals surface area contributed by atoms with E-state index >= 15 is 0 Å². The van der Waals surface area contributed by atoms with E-state index in [0.717, 1.165) is 18.4 Å². The molecule has 0 spiro atoms. The molecule has 0 aliphatic carbocycles. The molecule has 3 N–H and O–H groups in total. The predicted octanol–water partition coefficient (Wildman–Crippen LogP) is 2.42. The molecular formula is C14H24N2O2S. The number of benzene rings is 1. The average Bonchev–Trinajstić information content (AvgIpc) is 2.35. The van der Waals surface area contributed by atoms with Crippen LogP contribution in [0.1, 0.15) is 44.7 Å². The summed E-state index contributed by atoms with van der Waals surface area (Å²) in [6.45, 7) is 4.38. The van der Waals surface area contributed by atoms with E-state index in [4.69, 9.17) is 5.84 Å². The van der Waals surface area contributed by atoms with Crippen molar-refractivity contribution in [2.75, 3.05) is 6.26 Å². The molecule has 1 rings (SSSR count). The SMILES string of the molecule is CCCC(C)CC(NN)c1ccc(S(C)(=O)=O)cc1. The first kappa shape index (κ1) is 16.1. The standard InChI is InChI=1S/C14H24N2O2S/c1-4-5-11(2)10-14(16-15)12-6-8-13(9-7-12)19(3,17)18/h6-9,11,14,16H,4-5,10,15H2,1-3H3. The Morgan fingerprint density at radius 1 is 1.26 bits per heavy atom. The number of nitrogens with one attached hydrogen (secondary N) is 1. The van der Waals surface area contributed by atoms with Gasteiger partial charge in [0.15, 0.2) is 9.84 Å². The summed E-state index contributed by atoms with van der Waals surface area (Å²) in [4.78, 5) is 0.341. The van der Waals surface area contributed by atoms with Gasteiger partial charge < -0.3 is 0 Å². The molecule has 19 heavy (non-hydrogen) atoms. The van der Waals surface area contributed by atoms with Gasteiger partial charge in [0.1, 0.15) is 0 Å². The maximum absolute atomic E-state index is 11.4. The van der Waals surface area contributed by atoms with E-state index in [1.165, 1.54) is 12.7 Å². The van der Waals surface area contributed by atoms with Crippen molar-refractivity contribution in [3.8, 4) is 0 Å². The third-order valence-corrected chi connectivity index (χ3v) is 4.46. The summed E-state index contributed by atoms with van der Waals surface area (Å²) in [5, 5.41) is 0. The maximum atomic E-state index is 11.4. The second-order valence-electron chi connectivity index (χ2n) is 5.19. The Bertz CT molecular complexity index is 483. The van der Waals surface area contributed by atoms with Crippen molar-refractivity contribution >= 4 is 9.84 Å². The van der Waals surface area contributed by atoms with Gasteiger partial charge in [-0.05, 0) is 30.0 Å². The van der Waals surface area contributed by atoms with E-state index in [2.05, 4.69) is 19.3 Å². The van der Waals surface area contributed by atoms with Gasteiger partial charge in [0, 0.05) is 12.3 Å². The number of hydrogen-bond acceptors (Lipinski definition) is 4. The van der Waals surface area contributed by atoms with Crippen molar-refractivity contribution in [1.82, 2.24) is 5.43 Å². The summed E-state index contributed by atoms with van der Waals surface area (Å²) < 4.78 is 22.8. The molecule has 0 amide bonds. The highest BCUT2D eigenvalue weighted by Gasteiger charge is 2.14. The summed E-state index contributed by atoms with van der Waals surface area (Å²) in [6.07, 6.45) is 4.48. The zero-order valence-electron chi connectivity index (χ0n) is 11.9. The van der Waals surface area contributed by atoms with Crippen LogP contribution in [0.2, 0.25) is 0 Å². The van der Waals surface area contributed by atoms with E-state index in [0.29, 0.717) is 10.8 Å². The number of nitrogens with two attached hydrogens (primary N) is 1. The highest BCUT2D eigenvalue weighted by Crippen LogP contribution is 2.24. The molecule has 108 valence electrons. The Morgan fingerprint density at radius 3 is 2.26 bits per heavy atom. The van der Waals surface area contributed by atoms with E-state index in [1.54, 1.807) is 12.1 Å². The lowest BCUT2D eigenvalue weighted by atomic mass is 9.93. The molecule has 0 aliphatic heterocycles. The topological polar surface area (TPSA) is 72.2 Å². The highest BCUT2D eigenvalue weighted by atomic mass is 32.2. The number of rotatable bonds is 7. The van der Waals surface area contributed by atoms with Crippen molar-refractivity contribution in [2.24, 2.45) is 11.8 Å². The first-order chi connectivity index (χ1) is 8.88. The van der Waals surface area contributed by atoms with Gasteiger partial charge in [-0.3, -0.25) is 11.3 Å². The van der Waals surface area contributed by atoms with Crippen molar-refractivity contribution in [3.05, 3.63) is 29.8 Å². The summed E-state index contributed by atoms with van der Waals surface area (Å²) in [5.74, 6) is 6.19. The fourth-order valence-corrected chi connectivity index (χ4v) is 2.89. The first-order valence-electron chi connectivity index (χ1n) is 6.64. The van der Waals surface area contributed by atoms with Gasteiger partial charge >= 0.3 is 0 Å². The van der Waals surface area contributed by atoms with Crippen molar-refractivity contribution in [3.63, 3.8) is 0 Å². The Morgan fingerprint density at radius 2 is 1.84 bits per heavy atom. The molecular weight excluding hydrogens is 260 g/mol. The van der Waals surface area contributed by atoms with Crippen LogP contribution in [0.3, 0.4) is 0 Å². The molecule has 1 aromatic carbocycles. The van der Waals surface area contributed by atoms with Gasteiger partial charge in [0.2, 0.25) is 0 Å². The van der Waals surface area contributed by atoms with Gasteiger partial charge in [-0.15, -0.1) is 0 Å². The maximum Gasteiger partial charge on any atom is 0.175 e. The molecule has 0 fully saturated rings. The largest absolute Gasteiger partial charge is 0.271 e. The monoisotopic (exact) mass is 284 g/mol. The Hall–Kier alpha value is -0.910. The summed E-state index contributed by atoms with van der Waals surface area (Å²) >= 11 is 0. The minimum atomic E-state index is -3.14. The second kappa shape index (κ2) is 7.03. The molecule has 0 aliphatic rings. The van der Waals surface area contributed by atoms with Crippen LogP contribution < -0.4 is 11.3 Å². The van der Waals surface area contributed by atoms with E-state index < -0.39 is 9.84 Å². The smallest absolute Gasteiger partial charge is 0.175 e. The second-order valence-corrected chi connectivity index (χ2v) is 7.21. The van der Waals surface area contributed by atoms with Crippen LogP contribution in [0, 0.1) is 5.92 Å². The molecule has 5 heteroatoms. The minimum Gasteiger partial charge on any atom is -0.271 e. The molecule has 2 atom stereocenters. The predicted molar refractivity (Wildman–Crippen MR) is 78.3 cm³/mol. The fraction of sp³-hybridized carbons (Fsp3) is 0.571. The molecule has 0 radical (unpaired) electrons. The molecule has 0 saturated heterocycles. The lowest BCUT2D eigenvalue weighted by molar-refractivity contribution is 0.394.